The first-order valence-electron chi connectivity index (χ1n) is 14.5. The average Bonchev–Trinajstić information content (AvgIpc) is 3.61. The van der Waals surface area contributed by atoms with Crippen LogP contribution in [0.15, 0.2) is 24.5 Å². The Balaban J connectivity index is 1.28. The Bertz CT molecular complexity index is 1680. The van der Waals surface area contributed by atoms with Gasteiger partial charge in [-0.3, -0.25) is 14.6 Å². The van der Waals surface area contributed by atoms with E-state index in [0.717, 1.165) is 50.6 Å². The zero-order valence-corrected chi connectivity index (χ0v) is 24.8. The fourth-order valence-electron chi connectivity index (χ4n) is 5.45. The average molecular weight is 608 g/mol. The number of nitrogens with zero attached hydrogens (tertiary/aromatic N) is 7. The number of carbonyl (C=O) groups is 2. The molecule has 44 heavy (non-hydrogen) atoms. The van der Waals surface area contributed by atoms with Gasteiger partial charge >= 0.3 is 18.1 Å². The SMILES string of the molecule is Cc1ncc(Oc2nc(N3CC[C@@H](C)C3)c3c(n2)[nH]c2c(N(C)C(=O)OCOC(=O)CN4CCNCC4)cc(F)cc23)cn1. The van der Waals surface area contributed by atoms with Crippen molar-refractivity contribution in [1.29, 1.82) is 0 Å². The number of H-pyrrole nitrogens is 1. The van der Waals surface area contributed by atoms with Gasteiger partial charge in [0.1, 0.15) is 23.1 Å². The summed E-state index contributed by atoms with van der Waals surface area (Å²) in [4.78, 5) is 51.3. The first kappa shape index (κ1) is 29.4. The molecule has 5 heterocycles. The summed E-state index contributed by atoms with van der Waals surface area (Å²) in [5.74, 6) is 0.944. The lowest BCUT2D eigenvalue weighted by Gasteiger charge is -2.26. The molecule has 2 aliphatic rings. The van der Waals surface area contributed by atoms with Crippen LogP contribution in [-0.4, -0.2) is 102 Å². The second kappa shape index (κ2) is 12.5. The van der Waals surface area contributed by atoms with Crippen molar-refractivity contribution in [1.82, 2.24) is 35.1 Å². The summed E-state index contributed by atoms with van der Waals surface area (Å²) in [6.07, 6.45) is 3.22. The Labute approximate surface area is 252 Å². The van der Waals surface area contributed by atoms with Crippen molar-refractivity contribution in [2.75, 3.05) is 69.5 Å². The molecule has 0 unspecified atom stereocenters. The fraction of sp³-hybridized carbons (Fsp3) is 0.448. The highest BCUT2D eigenvalue weighted by Gasteiger charge is 2.27. The minimum atomic E-state index is -0.825. The zero-order valence-electron chi connectivity index (χ0n) is 24.8. The number of nitrogens with one attached hydrogen (secondary N) is 2. The van der Waals surface area contributed by atoms with Gasteiger partial charge in [0.25, 0.3) is 0 Å². The summed E-state index contributed by atoms with van der Waals surface area (Å²) < 4.78 is 31.3. The van der Waals surface area contributed by atoms with E-state index in [2.05, 4.69) is 37.1 Å². The van der Waals surface area contributed by atoms with Crippen molar-refractivity contribution in [3.05, 3.63) is 36.2 Å². The Morgan fingerprint density at radius 1 is 1.11 bits per heavy atom. The van der Waals surface area contributed by atoms with Crippen molar-refractivity contribution in [3.63, 3.8) is 0 Å². The Morgan fingerprint density at radius 3 is 2.61 bits per heavy atom. The quantitative estimate of drug-likeness (QED) is 0.224. The number of piperazine rings is 1. The second-order valence-electron chi connectivity index (χ2n) is 11.1. The number of esters is 1. The predicted molar refractivity (Wildman–Crippen MR) is 159 cm³/mol. The zero-order chi connectivity index (χ0) is 30.8. The maximum Gasteiger partial charge on any atom is 0.416 e. The highest BCUT2D eigenvalue weighted by molar-refractivity contribution is 6.16. The molecule has 1 amide bonds. The molecule has 2 fully saturated rings. The third-order valence-corrected chi connectivity index (χ3v) is 7.75. The molecule has 1 atom stereocenters. The number of aryl methyl sites for hydroxylation is 1. The molecule has 2 aliphatic heterocycles. The van der Waals surface area contributed by atoms with Crippen LogP contribution < -0.4 is 19.9 Å². The van der Waals surface area contributed by atoms with Crippen LogP contribution in [-0.2, 0) is 14.3 Å². The minimum absolute atomic E-state index is 0.0727. The van der Waals surface area contributed by atoms with Gasteiger partial charge in [-0.15, -0.1) is 0 Å². The molecule has 6 rings (SSSR count). The number of fused-ring (bicyclic) bond motifs is 3. The second-order valence-corrected chi connectivity index (χ2v) is 11.1. The van der Waals surface area contributed by atoms with Gasteiger partial charge in [-0.2, -0.15) is 9.97 Å². The topological polar surface area (TPSA) is 151 Å². The normalized spacial score (nSPS) is 17.3. The number of benzene rings is 1. The number of hydrogen-bond acceptors (Lipinski definition) is 12. The summed E-state index contributed by atoms with van der Waals surface area (Å²) in [5, 5.41) is 4.31. The Morgan fingerprint density at radius 2 is 1.89 bits per heavy atom. The number of aromatic nitrogens is 5. The van der Waals surface area contributed by atoms with Crippen molar-refractivity contribution in [2.45, 2.75) is 20.3 Å². The predicted octanol–water partition coefficient (Wildman–Crippen LogP) is 2.97. The van der Waals surface area contributed by atoms with Gasteiger partial charge in [-0.25, -0.2) is 19.2 Å². The number of hydrogen-bond donors (Lipinski definition) is 2. The number of amides is 1. The van der Waals surface area contributed by atoms with E-state index < -0.39 is 24.7 Å². The summed E-state index contributed by atoms with van der Waals surface area (Å²) >= 11 is 0. The van der Waals surface area contributed by atoms with Gasteiger partial charge in [0.15, 0.2) is 5.75 Å². The molecular weight excluding hydrogens is 573 g/mol. The number of aromatic amines is 1. The highest BCUT2D eigenvalue weighted by atomic mass is 19.1. The largest absolute Gasteiger partial charge is 0.427 e. The molecule has 0 bridgehead atoms. The van der Waals surface area contributed by atoms with E-state index in [1.54, 1.807) is 6.92 Å². The lowest BCUT2D eigenvalue weighted by atomic mass is 10.1. The summed E-state index contributed by atoms with van der Waals surface area (Å²) in [6.45, 7) is 8.05. The van der Waals surface area contributed by atoms with Gasteiger partial charge in [-0.05, 0) is 31.4 Å². The summed E-state index contributed by atoms with van der Waals surface area (Å²) in [7, 11) is 1.45. The molecular formula is C29H34FN9O5. The van der Waals surface area contributed by atoms with Crippen LogP contribution in [0.3, 0.4) is 0 Å². The molecule has 0 aliphatic carbocycles. The van der Waals surface area contributed by atoms with Gasteiger partial charge in [0.05, 0.1) is 35.5 Å². The van der Waals surface area contributed by atoms with E-state index >= 15 is 4.39 Å². The monoisotopic (exact) mass is 607 g/mol. The highest BCUT2D eigenvalue weighted by Crippen LogP contribution is 2.39. The summed E-state index contributed by atoms with van der Waals surface area (Å²) in [6, 6.07) is 2.68. The van der Waals surface area contributed by atoms with Crippen LogP contribution in [0.5, 0.6) is 11.8 Å². The van der Waals surface area contributed by atoms with Gasteiger partial charge in [0.2, 0.25) is 6.79 Å². The Kier molecular flexibility index (Phi) is 8.39. The van der Waals surface area contributed by atoms with Crippen LogP contribution in [0.2, 0.25) is 0 Å². The number of anilines is 2. The number of rotatable bonds is 8. The number of ether oxygens (including phenoxy) is 3. The van der Waals surface area contributed by atoms with Gasteiger partial charge in [-0.1, -0.05) is 6.92 Å². The molecule has 232 valence electrons. The lowest BCUT2D eigenvalue weighted by Crippen LogP contribution is -2.45. The van der Waals surface area contributed by atoms with Crippen LogP contribution >= 0.6 is 0 Å². The fourth-order valence-corrected chi connectivity index (χ4v) is 5.45. The van der Waals surface area contributed by atoms with Crippen LogP contribution in [0.4, 0.5) is 20.7 Å². The first-order chi connectivity index (χ1) is 21.2. The molecule has 2 N–H and O–H groups in total. The van der Waals surface area contributed by atoms with Crippen molar-refractivity contribution < 1.29 is 28.2 Å². The summed E-state index contributed by atoms with van der Waals surface area (Å²) in [5.41, 5.74) is 1.07. The van der Waals surface area contributed by atoms with Crippen molar-refractivity contribution >= 4 is 45.5 Å². The molecule has 4 aromatic rings. The molecule has 15 heteroatoms. The third-order valence-electron chi connectivity index (χ3n) is 7.75. The van der Waals surface area contributed by atoms with Gasteiger partial charge < -0.3 is 29.4 Å². The molecule has 1 aromatic carbocycles. The van der Waals surface area contributed by atoms with Crippen molar-refractivity contribution in [3.8, 4) is 11.8 Å². The van der Waals surface area contributed by atoms with E-state index in [9.17, 15) is 9.59 Å². The molecule has 0 saturated carbocycles. The van der Waals surface area contributed by atoms with E-state index in [0.29, 0.717) is 45.2 Å². The maximum atomic E-state index is 15.1. The van der Waals surface area contributed by atoms with E-state index in [-0.39, 0.29) is 18.2 Å². The molecule has 0 radical (unpaired) electrons. The molecule has 3 aromatic heterocycles. The smallest absolute Gasteiger partial charge is 0.416 e. The minimum Gasteiger partial charge on any atom is -0.427 e. The number of carbonyl (C=O) groups excluding carboxylic acids is 2. The third kappa shape index (κ3) is 6.33. The molecule has 0 spiro atoms. The lowest BCUT2D eigenvalue weighted by molar-refractivity contribution is -0.153. The van der Waals surface area contributed by atoms with Crippen molar-refractivity contribution in [2.24, 2.45) is 5.92 Å². The van der Waals surface area contributed by atoms with E-state index in [1.807, 2.05) is 4.90 Å². The van der Waals surface area contributed by atoms with Crippen LogP contribution in [0.25, 0.3) is 21.9 Å². The Hall–Kier alpha value is -4.63. The van der Waals surface area contributed by atoms with Crippen LogP contribution in [0, 0.1) is 18.7 Å². The first-order valence-corrected chi connectivity index (χ1v) is 14.5. The van der Waals surface area contributed by atoms with Gasteiger partial charge in [0, 0.05) is 51.7 Å². The standard InChI is InChI=1S/C29H34FN9O5/c1-17-4-7-39(14-17)27-24-21-10-19(30)11-22(37(3)29(41)43-16-42-23(40)15-38-8-5-31-6-9-38)25(21)34-26(24)35-28(36-27)44-20-12-32-18(2)33-13-20/h10-13,17,31H,4-9,14-16H2,1-3H3,(H,34,35,36)/t17-/m1/s1. The number of halogens is 1. The maximum absolute atomic E-state index is 15.1. The van der Waals surface area contributed by atoms with E-state index in [4.69, 9.17) is 19.2 Å². The molecule has 2 saturated heterocycles. The van der Waals surface area contributed by atoms with Crippen LogP contribution in [0.1, 0.15) is 19.2 Å². The van der Waals surface area contributed by atoms with E-state index in [1.165, 1.54) is 31.6 Å². The molecule has 14 nitrogen and oxygen atoms in total.